The molecule has 0 N–H and O–H groups in total. The molecule has 15 aromatic carbocycles. The van der Waals surface area contributed by atoms with Crippen LogP contribution in [0.1, 0.15) is 44.5 Å². The molecule has 5 heteroatoms. The van der Waals surface area contributed by atoms with E-state index < -0.39 is 10.8 Å². The maximum atomic E-state index is 6.23. The average molecular weight is 1310 g/mol. The van der Waals surface area contributed by atoms with E-state index in [-0.39, 0.29) is 0 Å². The Morgan fingerprint density at radius 2 is 0.563 bits per heavy atom. The van der Waals surface area contributed by atoms with Gasteiger partial charge in [0.2, 0.25) is 0 Å². The van der Waals surface area contributed by atoms with Gasteiger partial charge in [-0.1, -0.05) is 346 Å². The number of hydrogen-bond donors (Lipinski definition) is 0. The Hall–Kier alpha value is -13.5. The fourth-order valence-corrected chi connectivity index (χ4v) is 17.1. The molecule has 2 aliphatic heterocycles. The van der Waals surface area contributed by atoms with E-state index in [4.69, 9.17) is 14.4 Å². The Kier molecular flexibility index (Phi) is 14.0. The van der Waals surface area contributed by atoms with Crippen molar-refractivity contribution in [2.75, 3.05) is 0 Å². The maximum Gasteiger partial charge on any atom is 0.160 e. The number of aromatic nitrogens is 4. The van der Waals surface area contributed by atoms with Crippen LogP contribution in [0.3, 0.4) is 0 Å². The van der Waals surface area contributed by atoms with Gasteiger partial charge in [0.1, 0.15) is 11.5 Å². The Balaban J connectivity index is 0.000000138. The van der Waals surface area contributed by atoms with Gasteiger partial charge in [0.25, 0.3) is 0 Å². The van der Waals surface area contributed by atoms with Crippen molar-refractivity contribution in [3.8, 4) is 78.9 Å². The first kappa shape index (κ1) is 59.6. The third-order valence-electron chi connectivity index (χ3n) is 21.6. The Morgan fingerprint density at radius 1 is 0.223 bits per heavy atom. The van der Waals surface area contributed by atoms with Gasteiger partial charge in [-0.15, -0.1) is 0 Å². The van der Waals surface area contributed by atoms with Crippen LogP contribution in [-0.2, 0) is 10.8 Å². The summed E-state index contributed by atoms with van der Waals surface area (Å²) in [5, 5.41) is 6.17. The number of hydrogen-bond acceptors (Lipinski definition) is 3. The third kappa shape index (κ3) is 9.33. The summed E-state index contributed by atoms with van der Waals surface area (Å²) >= 11 is 0. The van der Waals surface area contributed by atoms with Crippen molar-refractivity contribution < 1.29 is 4.42 Å². The molecule has 0 fully saturated rings. The van der Waals surface area contributed by atoms with E-state index in [2.05, 4.69) is 355 Å². The zero-order valence-electron chi connectivity index (χ0n) is 56.1. The standard InChI is InChI=1S/C51H33N3.C47H31NO/c1-3-14-36(15-4-1)48-42-19-7-10-23-45(42)52-50(53-48)37-28-26-34(27-29-37)35-30-32-39(33-31-35)51(38-16-5-2-6-17-38)43-21-9-12-25-47(43)54-46-24-11-8-18-40(46)41-20-13-22-44(51)49(41)54;1-3-12-34(13-4-1)44-30-31-45(49-44)35-24-22-32(23-25-35)33-26-28-37(29-27-33)47(36-14-5-2-6-15-36)40-18-8-10-21-43(40)48-42-20-9-7-16-38(42)39-17-11-19-41(47)46(39)48/h1-33H;1-31H. The molecule has 2 unspecified atom stereocenters. The molecule has 0 radical (unpaired) electrons. The van der Waals surface area contributed by atoms with Gasteiger partial charge in [0.05, 0.1) is 55.5 Å². The molecular formula is C98H64N4O. The Morgan fingerprint density at radius 3 is 1.05 bits per heavy atom. The van der Waals surface area contributed by atoms with Crippen molar-refractivity contribution in [3.63, 3.8) is 0 Å². The number of benzene rings is 15. The van der Waals surface area contributed by atoms with Gasteiger partial charge in [-0.05, 0) is 109 Å². The van der Waals surface area contributed by atoms with Gasteiger partial charge in [-0.3, -0.25) is 0 Å². The highest BCUT2D eigenvalue weighted by Crippen LogP contribution is 2.57. The second-order valence-electron chi connectivity index (χ2n) is 27.0. The van der Waals surface area contributed by atoms with Crippen molar-refractivity contribution in [2.24, 2.45) is 0 Å². The molecule has 482 valence electrons. The Labute approximate surface area is 596 Å². The average Bonchev–Trinajstić information content (AvgIpc) is 1.61. The molecule has 2 aliphatic rings. The number of fused-ring (bicyclic) bond motifs is 11. The van der Waals surface area contributed by atoms with E-state index >= 15 is 0 Å². The molecule has 4 aromatic heterocycles. The topological polar surface area (TPSA) is 48.8 Å². The molecule has 2 atom stereocenters. The first-order valence-corrected chi connectivity index (χ1v) is 35.4. The lowest BCUT2D eigenvalue weighted by molar-refractivity contribution is 0.597. The summed E-state index contributed by atoms with van der Waals surface area (Å²) in [4.78, 5) is 10.1. The SMILES string of the molecule is c1ccc(-c2ccc(-c3ccc(-c4ccc(C5(c6ccccc6)c6ccccc6-n6c7ccccc7c7cccc5c76)cc4)cc3)o2)cc1.c1ccc(-c2nc(-c3ccc(-c4ccc(C5(c6ccccc6)c6ccccc6-n6c7ccccc7c7cccc5c76)cc4)cc3)nc3ccccc23)cc1. The van der Waals surface area contributed by atoms with E-state index in [0.717, 1.165) is 67.3 Å². The molecule has 6 heterocycles. The monoisotopic (exact) mass is 1310 g/mol. The first-order valence-electron chi connectivity index (χ1n) is 35.4. The molecular weight excluding hydrogens is 1250 g/mol. The molecule has 0 bridgehead atoms. The predicted molar refractivity (Wildman–Crippen MR) is 423 cm³/mol. The van der Waals surface area contributed by atoms with Gasteiger partial charge in [-0.2, -0.15) is 0 Å². The van der Waals surface area contributed by atoms with Crippen LogP contribution in [0.25, 0.3) is 133 Å². The minimum atomic E-state index is -0.520. The molecule has 0 amide bonds. The van der Waals surface area contributed by atoms with Crippen molar-refractivity contribution in [2.45, 2.75) is 10.8 Å². The summed E-state index contributed by atoms with van der Waals surface area (Å²) in [6, 6.07) is 140. The van der Waals surface area contributed by atoms with Crippen molar-refractivity contribution in [3.05, 3.63) is 433 Å². The molecule has 103 heavy (non-hydrogen) atoms. The van der Waals surface area contributed by atoms with Crippen LogP contribution in [-0.4, -0.2) is 19.1 Å². The van der Waals surface area contributed by atoms with Gasteiger partial charge < -0.3 is 13.6 Å². The van der Waals surface area contributed by atoms with Crippen LogP contribution in [0.4, 0.5) is 0 Å². The number of rotatable bonds is 10. The summed E-state index contributed by atoms with van der Waals surface area (Å²) in [5.41, 5.74) is 27.4. The lowest BCUT2D eigenvalue weighted by Gasteiger charge is -2.41. The van der Waals surface area contributed by atoms with Crippen LogP contribution in [0, 0.1) is 0 Å². The third-order valence-corrected chi connectivity index (χ3v) is 21.6. The van der Waals surface area contributed by atoms with Crippen molar-refractivity contribution >= 4 is 54.5 Å². The molecule has 0 spiro atoms. The van der Waals surface area contributed by atoms with Crippen LogP contribution < -0.4 is 0 Å². The van der Waals surface area contributed by atoms with Crippen LogP contribution in [0.15, 0.2) is 393 Å². The first-order chi connectivity index (χ1) is 51.1. The van der Waals surface area contributed by atoms with E-state index in [1.807, 2.05) is 42.5 Å². The summed E-state index contributed by atoms with van der Waals surface area (Å²) in [6.07, 6.45) is 0. The van der Waals surface area contributed by atoms with Crippen LogP contribution in [0.2, 0.25) is 0 Å². The van der Waals surface area contributed by atoms with Crippen molar-refractivity contribution in [1.29, 1.82) is 0 Å². The molecule has 0 saturated carbocycles. The number of para-hydroxylation sites is 7. The number of nitrogens with zero attached hydrogens (tertiary/aromatic N) is 4. The maximum absolute atomic E-state index is 6.23. The van der Waals surface area contributed by atoms with E-state index in [1.165, 1.54) is 111 Å². The Bertz CT molecular complexity index is 6440. The van der Waals surface area contributed by atoms with Crippen LogP contribution in [0.5, 0.6) is 0 Å². The quantitative estimate of drug-likeness (QED) is 0.137. The molecule has 0 saturated heterocycles. The second kappa shape index (κ2) is 24.2. The highest BCUT2D eigenvalue weighted by Gasteiger charge is 2.47. The lowest BCUT2D eigenvalue weighted by Crippen LogP contribution is -2.35. The van der Waals surface area contributed by atoms with Gasteiger partial charge in [0.15, 0.2) is 5.82 Å². The fraction of sp³-hybridized carbons (Fsp3) is 0.0204. The van der Waals surface area contributed by atoms with Crippen molar-refractivity contribution in [1.82, 2.24) is 19.1 Å². The number of furan rings is 1. The molecule has 5 nitrogen and oxygen atoms in total. The highest BCUT2D eigenvalue weighted by atomic mass is 16.3. The van der Waals surface area contributed by atoms with Crippen LogP contribution >= 0.6 is 0 Å². The highest BCUT2D eigenvalue weighted by molar-refractivity contribution is 6.13. The summed E-state index contributed by atoms with van der Waals surface area (Å²) in [7, 11) is 0. The van der Waals surface area contributed by atoms with Gasteiger partial charge in [-0.25, -0.2) is 9.97 Å². The summed E-state index contributed by atoms with van der Waals surface area (Å²) in [5.74, 6) is 2.47. The fourth-order valence-electron chi connectivity index (χ4n) is 17.1. The molecule has 19 aromatic rings. The van der Waals surface area contributed by atoms with Gasteiger partial charge in [0, 0.05) is 49.2 Å². The molecule has 21 rings (SSSR count). The smallest absolute Gasteiger partial charge is 0.160 e. The minimum Gasteiger partial charge on any atom is -0.456 e. The minimum absolute atomic E-state index is 0.500. The predicted octanol–water partition coefficient (Wildman–Crippen LogP) is 24.5. The zero-order chi connectivity index (χ0) is 68.0. The summed E-state index contributed by atoms with van der Waals surface area (Å²) < 4.78 is 11.2. The summed E-state index contributed by atoms with van der Waals surface area (Å²) in [6.45, 7) is 0. The van der Waals surface area contributed by atoms with Gasteiger partial charge >= 0.3 is 0 Å². The normalized spacial score (nSPS) is 14.9. The zero-order valence-corrected chi connectivity index (χ0v) is 56.1. The second-order valence-corrected chi connectivity index (χ2v) is 27.0. The largest absolute Gasteiger partial charge is 0.456 e. The van der Waals surface area contributed by atoms with E-state index in [1.54, 1.807) is 0 Å². The molecule has 0 aliphatic carbocycles. The van der Waals surface area contributed by atoms with E-state index in [0.29, 0.717) is 0 Å². The van der Waals surface area contributed by atoms with E-state index in [9.17, 15) is 0 Å². The lowest BCUT2D eigenvalue weighted by atomic mass is 9.63.